The highest BCUT2D eigenvalue weighted by atomic mass is 13.8. The van der Waals surface area contributed by atoms with Crippen LogP contribution in [0.5, 0.6) is 0 Å². The molecule has 0 spiro atoms. The van der Waals surface area contributed by atoms with E-state index in [1.807, 2.05) is 36.4 Å². The first-order valence-corrected chi connectivity index (χ1v) is 3.07. The van der Waals surface area contributed by atoms with Crippen molar-refractivity contribution in [3.05, 3.63) is 42.0 Å². The second-order valence-corrected chi connectivity index (χ2v) is 1.89. The summed E-state index contributed by atoms with van der Waals surface area (Å²) in [7, 11) is 0. The Morgan fingerprint density at radius 3 is 2.90 bits per heavy atom. The maximum absolute atomic E-state index is 6.56. The minimum absolute atomic E-state index is 1.11. The number of rotatable bonds is 1. The van der Waals surface area contributed by atoms with Crippen molar-refractivity contribution in [1.29, 1.82) is 0 Å². The summed E-state index contributed by atoms with van der Waals surface area (Å²) in [5.41, 5.74) is 1.11. The predicted octanol–water partition coefficient (Wildman–Crippen LogP) is 2.33. The molecule has 0 heterocycles. The van der Waals surface area contributed by atoms with Crippen LogP contribution in [-0.4, -0.2) is 0 Å². The Hall–Kier alpha value is -1.48. The molecule has 0 saturated heterocycles. The van der Waals surface area contributed by atoms with Gasteiger partial charge in [0.05, 0.1) is 0 Å². The second kappa shape index (κ2) is 3.53. The van der Waals surface area contributed by atoms with Crippen molar-refractivity contribution in [2.75, 3.05) is 0 Å². The fourth-order valence-electron chi connectivity index (χ4n) is 0.702. The van der Waals surface area contributed by atoms with Crippen molar-refractivity contribution in [3.63, 3.8) is 0 Å². The number of hydrogen-bond donors (Lipinski definition) is 0. The molecule has 0 heteroatoms. The van der Waals surface area contributed by atoms with Gasteiger partial charge in [0.1, 0.15) is 1.37 Å². The number of allylic oxidation sites excluding steroid dienone is 1. The zero-order valence-corrected chi connectivity index (χ0v) is 5.54. The molecular weight excluding hydrogens is 120 g/mol. The van der Waals surface area contributed by atoms with Gasteiger partial charge in [-0.25, -0.2) is 0 Å². The average molecular weight is 129 g/mol. The summed E-state index contributed by atoms with van der Waals surface area (Å²) >= 11 is 0. The predicted molar refractivity (Wildman–Crippen MR) is 44.3 cm³/mol. The lowest BCUT2D eigenvalue weighted by Crippen LogP contribution is -1.65. The Bertz CT molecular complexity index is 288. The lowest BCUT2D eigenvalue weighted by atomic mass is 10.2. The van der Waals surface area contributed by atoms with E-state index in [0.717, 1.165) is 5.56 Å². The Morgan fingerprint density at radius 2 is 2.20 bits per heavy atom. The minimum atomic E-state index is 1.11. The third kappa shape index (κ3) is 1.80. The molecule has 0 amide bonds. The second-order valence-electron chi connectivity index (χ2n) is 1.89. The van der Waals surface area contributed by atoms with Crippen LogP contribution < -0.4 is 0 Å². The van der Waals surface area contributed by atoms with Gasteiger partial charge in [-0.15, -0.1) is 6.40 Å². The van der Waals surface area contributed by atoms with Crippen LogP contribution in [0.25, 0.3) is 6.08 Å². The molecule has 0 aliphatic rings. The Labute approximate surface area is 62.6 Å². The topological polar surface area (TPSA) is 0 Å². The van der Waals surface area contributed by atoms with Crippen LogP contribution in [0.15, 0.2) is 36.4 Å². The highest BCUT2D eigenvalue weighted by molar-refractivity contribution is 5.51. The highest BCUT2D eigenvalue weighted by Crippen LogP contribution is 1.99. The van der Waals surface area contributed by atoms with E-state index in [1.165, 1.54) is 0 Å². The first-order chi connectivity index (χ1) is 5.43. The van der Waals surface area contributed by atoms with Crippen molar-refractivity contribution in [2.45, 2.75) is 0 Å². The van der Waals surface area contributed by atoms with Crippen LogP contribution >= 0.6 is 0 Å². The summed E-state index contributed by atoms with van der Waals surface area (Å²) in [6.45, 7) is 0. The van der Waals surface area contributed by atoms with Gasteiger partial charge in [0.25, 0.3) is 0 Å². The summed E-state index contributed by atoms with van der Waals surface area (Å²) in [5, 5.41) is 0. The summed E-state index contributed by atoms with van der Waals surface area (Å²) in [6.07, 6.45) is 5.60. The fraction of sp³-hybridized carbons (Fsp3) is 0. The van der Waals surface area contributed by atoms with Crippen LogP contribution in [0.2, 0.25) is 0 Å². The van der Waals surface area contributed by atoms with Crippen LogP contribution in [0.4, 0.5) is 0 Å². The van der Waals surface area contributed by atoms with Gasteiger partial charge < -0.3 is 0 Å². The molecule has 0 radical (unpaired) electrons. The van der Waals surface area contributed by atoms with Gasteiger partial charge in [-0.3, -0.25) is 0 Å². The zero-order valence-electron chi connectivity index (χ0n) is 6.54. The summed E-state index contributed by atoms with van der Waals surface area (Å²) < 4.78 is 6.56. The maximum atomic E-state index is 6.56. The summed E-state index contributed by atoms with van der Waals surface area (Å²) in [6, 6.07) is 9.87. The highest BCUT2D eigenvalue weighted by Gasteiger charge is 1.78. The van der Waals surface area contributed by atoms with Crippen molar-refractivity contribution >= 4 is 6.08 Å². The van der Waals surface area contributed by atoms with E-state index >= 15 is 0 Å². The minimum Gasteiger partial charge on any atom is -0.115 e. The first-order valence-electron chi connectivity index (χ1n) is 3.57. The van der Waals surface area contributed by atoms with Crippen molar-refractivity contribution in [2.24, 2.45) is 0 Å². The smallest absolute Gasteiger partial charge is 0.115 e. The SMILES string of the molecule is [2H]C#C/C=C/c1ccccc1. The average Bonchev–Trinajstić information content (AvgIpc) is 2.07. The van der Waals surface area contributed by atoms with Crippen molar-refractivity contribution < 1.29 is 1.37 Å². The molecule has 0 saturated carbocycles. The molecule has 1 aromatic carbocycles. The first kappa shape index (κ1) is 5.32. The van der Waals surface area contributed by atoms with E-state index < -0.39 is 0 Å². The van der Waals surface area contributed by atoms with Gasteiger partial charge in [-0.05, 0) is 17.7 Å². The van der Waals surface area contributed by atoms with E-state index in [-0.39, 0.29) is 0 Å². The molecule has 0 aromatic heterocycles. The van der Waals surface area contributed by atoms with Crippen molar-refractivity contribution in [1.82, 2.24) is 0 Å². The summed E-state index contributed by atoms with van der Waals surface area (Å²) in [4.78, 5) is 0. The molecule has 1 aromatic rings. The molecule has 1 rings (SSSR count). The Balaban J connectivity index is 2.69. The largest absolute Gasteiger partial charge is 0.124 e. The third-order valence-corrected chi connectivity index (χ3v) is 1.16. The molecule has 0 nitrogen and oxygen atoms in total. The zero-order chi connectivity index (χ0) is 7.94. The maximum Gasteiger partial charge on any atom is 0.124 e. The molecule has 0 aliphatic heterocycles. The van der Waals surface area contributed by atoms with E-state index in [9.17, 15) is 0 Å². The van der Waals surface area contributed by atoms with Gasteiger partial charge >= 0.3 is 0 Å². The quantitative estimate of drug-likeness (QED) is 0.510. The molecular formula is C10H8. The van der Waals surface area contributed by atoms with Crippen LogP contribution in [-0.2, 0) is 0 Å². The van der Waals surface area contributed by atoms with Crippen LogP contribution in [0, 0.1) is 12.3 Å². The van der Waals surface area contributed by atoms with E-state index in [0.29, 0.717) is 0 Å². The van der Waals surface area contributed by atoms with Gasteiger partial charge in [-0.1, -0.05) is 36.3 Å². The fourth-order valence-corrected chi connectivity index (χ4v) is 0.702. The van der Waals surface area contributed by atoms with Gasteiger partial charge in [-0.2, -0.15) is 0 Å². The van der Waals surface area contributed by atoms with Crippen molar-refractivity contribution in [3.8, 4) is 12.3 Å². The standard InChI is InChI=1S/C10H8/c1-2-3-7-10-8-5-4-6-9-10/h1,3-9H/b7-3+/i1D. The molecule has 0 unspecified atom stereocenters. The van der Waals surface area contributed by atoms with Gasteiger partial charge in [0.15, 0.2) is 0 Å². The molecule has 10 heavy (non-hydrogen) atoms. The number of hydrogen-bond acceptors (Lipinski definition) is 0. The van der Waals surface area contributed by atoms with Gasteiger partial charge in [0, 0.05) is 0 Å². The Kier molecular flexibility index (Phi) is 1.88. The molecule has 0 atom stereocenters. The van der Waals surface area contributed by atoms with E-state index in [2.05, 4.69) is 12.3 Å². The van der Waals surface area contributed by atoms with Crippen LogP contribution in [0.1, 0.15) is 6.93 Å². The van der Waals surface area contributed by atoms with E-state index in [1.54, 1.807) is 6.08 Å². The monoisotopic (exact) mass is 129 g/mol. The van der Waals surface area contributed by atoms with Crippen LogP contribution in [0.3, 0.4) is 0 Å². The summed E-state index contributed by atoms with van der Waals surface area (Å²) in [5.74, 6) is 2.53. The molecule has 48 valence electrons. The molecule has 0 N–H and O–H groups in total. The third-order valence-electron chi connectivity index (χ3n) is 1.16. The molecule has 0 aliphatic carbocycles. The lowest BCUT2D eigenvalue weighted by Gasteiger charge is -1.86. The normalized spacial score (nSPS) is 10.2. The molecule has 0 bridgehead atoms. The van der Waals surface area contributed by atoms with Gasteiger partial charge in [0.2, 0.25) is 0 Å². The Morgan fingerprint density at radius 1 is 1.40 bits per heavy atom. The lowest BCUT2D eigenvalue weighted by molar-refractivity contribution is 1.66. The number of benzene rings is 1. The number of terminal acetylenes is 1. The molecule has 0 fully saturated rings. The van der Waals surface area contributed by atoms with E-state index in [4.69, 9.17) is 1.37 Å².